The second kappa shape index (κ2) is 8.69. The van der Waals surface area contributed by atoms with Crippen LogP contribution in [-0.4, -0.2) is 23.1 Å². The Morgan fingerprint density at radius 1 is 0.935 bits per heavy atom. The first kappa shape index (κ1) is 21.3. The molecule has 2 heterocycles. The van der Waals surface area contributed by atoms with Gasteiger partial charge in [0.1, 0.15) is 6.61 Å². The number of ether oxygens (including phenoxy) is 1. The van der Waals surface area contributed by atoms with E-state index in [-0.39, 0.29) is 25.1 Å². The highest BCUT2D eigenvalue weighted by Crippen LogP contribution is 2.36. The average molecular weight is 437 g/mol. The van der Waals surface area contributed by atoms with Crippen LogP contribution in [0.3, 0.4) is 0 Å². The van der Waals surface area contributed by atoms with Crippen LogP contribution in [0, 0.1) is 29.1 Å². The minimum Gasteiger partial charge on any atom is -0.445 e. The maximum Gasteiger partial charge on any atom is 0.410 e. The van der Waals surface area contributed by atoms with E-state index in [2.05, 4.69) is 0 Å². The number of carbonyl (C=O) groups is 1. The largest absolute Gasteiger partial charge is 0.445 e. The fourth-order valence-electron chi connectivity index (χ4n) is 4.36. The van der Waals surface area contributed by atoms with E-state index < -0.39 is 47.2 Å². The van der Waals surface area contributed by atoms with Crippen LogP contribution in [0.5, 0.6) is 0 Å². The summed E-state index contributed by atoms with van der Waals surface area (Å²) in [5.74, 6) is -9.69. The minimum atomic E-state index is -2.17. The molecule has 1 amide bonds. The van der Waals surface area contributed by atoms with Gasteiger partial charge in [0.15, 0.2) is 23.3 Å². The molecule has 2 aromatic rings. The summed E-state index contributed by atoms with van der Waals surface area (Å²) < 4.78 is 74.0. The summed E-state index contributed by atoms with van der Waals surface area (Å²) in [5.41, 5.74) is 0.548. The molecule has 2 aliphatic heterocycles. The van der Waals surface area contributed by atoms with Crippen molar-refractivity contribution in [1.82, 2.24) is 4.90 Å². The molecule has 1 fully saturated rings. The summed E-state index contributed by atoms with van der Waals surface area (Å²) in [7, 11) is 0. The molecule has 0 N–H and O–H groups in total. The van der Waals surface area contributed by atoms with Gasteiger partial charge in [0.25, 0.3) is 0 Å². The molecule has 0 aliphatic carbocycles. The smallest absolute Gasteiger partial charge is 0.410 e. The molecule has 2 aromatic carbocycles. The van der Waals surface area contributed by atoms with E-state index in [0.29, 0.717) is 18.4 Å². The molecule has 1 saturated heterocycles. The first-order valence-corrected chi connectivity index (χ1v) is 10.1. The van der Waals surface area contributed by atoms with Gasteiger partial charge in [-0.25, -0.2) is 26.7 Å². The number of fused-ring (bicyclic) bond motifs is 2. The molecule has 2 aliphatic rings. The average Bonchev–Trinajstić information content (AvgIpc) is 2.77. The fourth-order valence-corrected chi connectivity index (χ4v) is 4.36. The Morgan fingerprint density at radius 3 is 2.23 bits per heavy atom. The zero-order chi connectivity index (χ0) is 22.1. The van der Waals surface area contributed by atoms with Crippen molar-refractivity contribution in [3.05, 3.63) is 82.2 Å². The maximum absolute atomic E-state index is 14.1. The number of halogens is 5. The summed E-state index contributed by atoms with van der Waals surface area (Å²) in [6.45, 7) is 0.122. The molecule has 3 nitrogen and oxygen atoms in total. The number of piperidine rings is 1. The van der Waals surface area contributed by atoms with Gasteiger partial charge >= 0.3 is 6.09 Å². The number of benzene rings is 2. The third-order valence-electron chi connectivity index (χ3n) is 5.83. The zero-order valence-corrected chi connectivity index (χ0v) is 16.5. The Balaban J connectivity index is 1.52. The van der Waals surface area contributed by atoms with Crippen LogP contribution in [0.25, 0.3) is 0 Å². The Morgan fingerprint density at radius 2 is 1.58 bits per heavy atom. The molecule has 0 radical (unpaired) electrons. The Bertz CT molecular complexity index is 995. The zero-order valence-electron chi connectivity index (χ0n) is 16.5. The van der Waals surface area contributed by atoms with Gasteiger partial charge in [0, 0.05) is 11.6 Å². The molecule has 2 atom stereocenters. The summed E-state index contributed by atoms with van der Waals surface area (Å²) in [6.07, 6.45) is 3.28. The van der Waals surface area contributed by atoms with Crippen molar-refractivity contribution in [3.63, 3.8) is 0 Å². The molecular weight excluding hydrogens is 417 g/mol. The van der Waals surface area contributed by atoms with Gasteiger partial charge in [-0.2, -0.15) is 0 Å². The highest BCUT2D eigenvalue weighted by atomic mass is 19.2. The van der Waals surface area contributed by atoms with Crippen molar-refractivity contribution in [2.24, 2.45) is 0 Å². The van der Waals surface area contributed by atoms with Crippen molar-refractivity contribution >= 4 is 6.09 Å². The van der Waals surface area contributed by atoms with E-state index in [4.69, 9.17) is 4.74 Å². The van der Waals surface area contributed by atoms with Gasteiger partial charge in [0.2, 0.25) is 5.82 Å². The van der Waals surface area contributed by atoms with E-state index in [9.17, 15) is 26.7 Å². The van der Waals surface area contributed by atoms with Gasteiger partial charge in [-0.15, -0.1) is 0 Å². The van der Waals surface area contributed by atoms with E-state index in [1.54, 1.807) is 11.0 Å². The number of amides is 1. The second-order valence-electron chi connectivity index (χ2n) is 7.85. The van der Waals surface area contributed by atoms with Crippen LogP contribution < -0.4 is 0 Å². The Labute approximate surface area is 176 Å². The van der Waals surface area contributed by atoms with E-state index >= 15 is 0 Å². The van der Waals surface area contributed by atoms with Crippen molar-refractivity contribution in [2.75, 3.05) is 0 Å². The van der Waals surface area contributed by atoms with Crippen molar-refractivity contribution < 1.29 is 31.5 Å². The van der Waals surface area contributed by atoms with Gasteiger partial charge in [-0.05, 0) is 37.7 Å². The molecule has 0 aromatic heterocycles. The lowest BCUT2D eigenvalue weighted by Crippen LogP contribution is -2.52. The lowest BCUT2D eigenvalue weighted by Gasteiger charge is -2.44. The van der Waals surface area contributed by atoms with Crippen LogP contribution in [-0.2, 0) is 17.8 Å². The van der Waals surface area contributed by atoms with E-state index in [1.807, 2.05) is 30.3 Å². The molecule has 2 unspecified atom stereocenters. The highest BCUT2D eigenvalue weighted by molar-refractivity contribution is 5.69. The predicted molar refractivity (Wildman–Crippen MR) is 103 cm³/mol. The summed E-state index contributed by atoms with van der Waals surface area (Å²) in [5, 5.41) is 0. The lowest BCUT2D eigenvalue weighted by molar-refractivity contribution is 0.0480. The number of hydrogen-bond acceptors (Lipinski definition) is 2. The normalized spacial score (nSPS) is 20.4. The standard InChI is InChI=1S/C23H20F5NO2/c24-18-17(19(25)21(27)22(28)20(18)26)11-14-9-15-7-4-8-16(10-14)29(15)23(30)31-12-13-5-2-1-3-6-13/h1-3,5-6,9,15-16H,4,7-8,10-12H2. The van der Waals surface area contributed by atoms with Crippen LogP contribution in [0.2, 0.25) is 0 Å². The topological polar surface area (TPSA) is 29.5 Å². The minimum absolute atomic E-state index is 0.122. The maximum atomic E-state index is 14.1. The van der Waals surface area contributed by atoms with Gasteiger partial charge in [0.05, 0.1) is 6.04 Å². The third-order valence-corrected chi connectivity index (χ3v) is 5.83. The molecule has 164 valence electrons. The number of rotatable bonds is 4. The first-order chi connectivity index (χ1) is 14.9. The SMILES string of the molecule is O=C(OCc1ccccc1)N1C2C=C(Cc3c(F)c(F)c(F)c(F)c3F)CC1CCC2. The van der Waals surface area contributed by atoms with Gasteiger partial charge in [-0.1, -0.05) is 42.0 Å². The van der Waals surface area contributed by atoms with Gasteiger partial charge in [-0.3, -0.25) is 4.90 Å². The summed E-state index contributed by atoms with van der Waals surface area (Å²) in [6, 6.07) is 8.63. The quantitative estimate of drug-likeness (QED) is 0.261. The monoisotopic (exact) mass is 437 g/mol. The van der Waals surface area contributed by atoms with Crippen LogP contribution in [0.15, 0.2) is 42.0 Å². The number of carbonyl (C=O) groups excluding carboxylic acids is 1. The molecule has 0 spiro atoms. The molecule has 4 rings (SSSR count). The van der Waals surface area contributed by atoms with Crippen LogP contribution >= 0.6 is 0 Å². The molecule has 31 heavy (non-hydrogen) atoms. The second-order valence-corrected chi connectivity index (χ2v) is 7.85. The van der Waals surface area contributed by atoms with Crippen LogP contribution in [0.1, 0.15) is 36.8 Å². The molecule has 2 bridgehead atoms. The predicted octanol–water partition coefficient (Wildman–Crippen LogP) is 5.81. The highest BCUT2D eigenvalue weighted by Gasteiger charge is 2.38. The number of nitrogens with zero attached hydrogens (tertiary/aromatic N) is 1. The molecule has 0 saturated carbocycles. The lowest BCUT2D eigenvalue weighted by atomic mass is 9.83. The Hall–Kier alpha value is -2.90. The third kappa shape index (κ3) is 4.16. The summed E-state index contributed by atoms with van der Waals surface area (Å²) >= 11 is 0. The van der Waals surface area contributed by atoms with Crippen molar-refractivity contribution in [2.45, 2.75) is 50.8 Å². The van der Waals surface area contributed by atoms with Crippen LogP contribution in [0.4, 0.5) is 26.7 Å². The fraction of sp³-hybridized carbons (Fsp3) is 0.348. The van der Waals surface area contributed by atoms with Crippen molar-refractivity contribution in [1.29, 1.82) is 0 Å². The Kier molecular flexibility index (Phi) is 5.98. The molecule has 8 heteroatoms. The van der Waals surface area contributed by atoms with Gasteiger partial charge < -0.3 is 4.74 Å². The first-order valence-electron chi connectivity index (χ1n) is 10.1. The van der Waals surface area contributed by atoms with E-state index in [0.717, 1.165) is 12.0 Å². The molecular formula is C23H20F5NO2. The van der Waals surface area contributed by atoms with Crippen molar-refractivity contribution in [3.8, 4) is 0 Å². The number of hydrogen-bond donors (Lipinski definition) is 0. The summed E-state index contributed by atoms with van der Waals surface area (Å²) in [4.78, 5) is 14.3. The van der Waals surface area contributed by atoms with E-state index in [1.165, 1.54) is 0 Å².